The van der Waals surface area contributed by atoms with Crippen LogP contribution in [-0.4, -0.2) is 18.5 Å². The normalized spacial score (nSPS) is 15.1. The maximum Gasteiger partial charge on any atom is 0.417 e. The summed E-state index contributed by atoms with van der Waals surface area (Å²) in [5.41, 5.74) is 1.20. The quantitative estimate of drug-likeness (QED) is 0.110. The van der Waals surface area contributed by atoms with Crippen LogP contribution >= 0.6 is 0 Å². The summed E-state index contributed by atoms with van der Waals surface area (Å²) in [7, 11) is 0. The van der Waals surface area contributed by atoms with E-state index in [0.717, 1.165) is 22.8 Å². The molecule has 0 aromatic heterocycles. The van der Waals surface area contributed by atoms with Crippen LogP contribution in [0.1, 0.15) is 54.1 Å². The highest BCUT2D eigenvalue weighted by Gasteiger charge is 2.36. The number of carbonyl (C=O) groups excluding carboxylic acids is 1. The number of nitrogens with one attached hydrogen (secondary N) is 3. The average molecular weight is 602 g/mol. The average Bonchev–Trinajstić information content (AvgIpc) is 3.19. The summed E-state index contributed by atoms with van der Waals surface area (Å²) < 4.78 is 61.5. The second-order valence-corrected chi connectivity index (χ2v) is 10.1. The van der Waals surface area contributed by atoms with Crippen LogP contribution < -0.4 is 15.4 Å². The number of urea groups is 1. The molecule has 0 saturated heterocycles. The number of hydrogen-bond donors (Lipinski definition) is 3. The summed E-state index contributed by atoms with van der Waals surface area (Å²) in [5.74, 6) is 4.49. The second kappa shape index (κ2) is 14.4. The number of ether oxygens (including phenoxy) is 1. The molecule has 0 fully saturated rings. The fourth-order valence-electron chi connectivity index (χ4n) is 4.48. The summed E-state index contributed by atoms with van der Waals surface area (Å²) >= 11 is 0. The summed E-state index contributed by atoms with van der Waals surface area (Å²) in [6, 6.07) is 18.6. The van der Waals surface area contributed by atoms with Crippen molar-refractivity contribution in [1.82, 2.24) is 10.6 Å². The van der Waals surface area contributed by atoms with Gasteiger partial charge in [-0.3, -0.25) is 10.7 Å². The molecule has 2 unspecified atom stereocenters. The lowest BCUT2D eigenvalue weighted by molar-refractivity contribution is -0.137. The van der Waals surface area contributed by atoms with Crippen LogP contribution in [0.5, 0.6) is 5.75 Å². The number of allylic oxidation sites excluding steroid dienone is 4. The lowest BCUT2D eigenvalue weighted by atomic mass is 10.0. The molecule has 0 heterocycles. The van der Waals surface area contributed by atoms with Crippen molar-refractivity contribution >= 4 is 11.9 Å². The topological polar surface area (TPSA) is 74.2 Å². The van der Waals surface area contributed by atoms with Crippen molar-refractivity contribution in [1.29, 1.82) is 5.41 Å². The third-order valence-electron chi connectivity index (χ3n) is 6.83. The van der Waals surface area contributed by atoms with Crippen molar-refractivity contribution in [2.75, 3.05) is 6.61 Å². The fourth-order valence-corrected chi connectivity index (χ4v) is 4.48. The minimum Gasteiger partial charge on any atom is -0.488 e. The van der Waals surface area contributed by atoms with Gasteiger partial charge in [0.15, 0.2) is 0 Å². The third-order valence-corrected chi connectivity index (χ3v) is 6.83. The summed E-state index contributed by atoms with van der Waals surface area (Å²) in [6.07, 6.45) is 1.79. The molecule has 0 spiro atoms. The van der Waals surface area contributed by atoms with E-state index in [2.05, 4.69) is 22.5 Å². The standard InChI is InChI=1S/C35H31F4N3O2/c1-3-24-20-27(16-19-29(36)21-24)22-44-31-11-7-10-30(35(37,38)39)32(31)33(40)42-34(43)41-23(2)28-17-14-26(15-18-28)13-12-25-8-5-4-6-9-25/h4-11,14-21,23-24H,3,22H2,1-2H3,(H3,40,41,42,43). The molecule has 1 aliphatic carbocycles. The lowest BCUT2D eigenvalue weighted by Gasteiger charge is -2.20. The minimum atomic E-state index is -4.82. The lowest BCUT2D eigenvalue weighted by Crippen LogP contribution is -2.41. The van der Waals surface area contributed by atoms with Crippen molar-refractivity contribution < 1.29 is 27.1 Å². The molecule has 0 aliphatic heterocycles. The third kappa shape index (κ3) is 8.71. The van der Waals surface area contributed by atoms with Gasteiger partial charge in [-0.2, -0.15) is 13.2 Å². The van der Waals surface area contributed by atoms with Gasteiger partial charge < -0.3 is 10.1 Å². The van der Waals surface area contributed by atoms with E-state index >= 15 is 0 Å². The first-order valence-corrected chi connectivity index (χ1v) is 14.0. The van der Waals surface area contributed by atoms with Gasteiger partial charge in [-0.05, 0) is 78.9 Å². The van der Waals surface area contributed by atoms with Gasteiger partial charge in [-0.25, -0.2) is 9.18 Å². The van der Waals surface area contributed by atoms with Gasteiger partial charge in [0.2, 0.25) is 0 Å². The first-order valence-electron chi connectivity index (χ1n) is 14.0. The molecule has 4 rings (SSSR count). The zero-order chi connectivity index (χ0) is 31.7. The number of carbonyl (C=O) groups is 1. The van der Waals surface area contributed by atoms with Gasteiger partial charge in [-0.1, -0.05) is 67.3 Å². The van der Waals surface area contributed by atoms with Gasteiger partial charge in [0.05, 0.1) is 17.2 Å². The molecular weight excluding hydrogens is 570 g/mol. The molecule has 226 valence electrons. The number of rotatable bonds is 7. The zero-order valence-electron chi connectivity index (χ0n) is 24.1. The van der Waals surface area contributed by atoms with Gasteiger partial charge in [0, 0.05) is 11.1 Å². The van der Waals surface area contributed by atoms with E-state index in [4.69, 9.17) is 10.1 Å². The Morgan fingerprint density at radius 1 is 0.955 bits per heavy atom. The van der Waals surface area contributed by atoms with Crippen LogP contribution in [-0.2, 0) is 6.18 Å². The van der Waals surface area contributed by atoms with Crippen LogP contribution in [0.2, 0.25) is 0 Å². The number of halogens is 4. The second-order valence-electron chi connectivity index (χ2n) is 10.1. The van der Waals surface area contributed by atoms with Crippen molar-refractivity contribution in [3.63, 3.8) is 0 Å². The van der Waals surface area contributed by atoms with Crippen LogP contribution in [0.25, 0.3) is 0 Å². The van der Waals surface area contributed by atoms with Crippen LogP contribution in [0.4, 0.5) is 22.4 Å². The predicted octanol–water partition coefficient (Wildman–Crippen LogP) is 8.25. The maximum atomic E-state index is 14.0. The molecule has 5 nitrogen and oxygen atoms in total. The van der Waals surface area contributed by atoms with Crippen molar-refractivity contribution in [2.45, 2.75) is 32.5 Å². The number of amides is 2. The van der Waals surface area contributed by atoms with E-state index in [0.29, 0.717) is 12.0 Å². The van der Waals surface area contributed by atoms with Gasteiger partial charge in [-0.15, -0.1) is 0 Å². The Balaban J connectivity index is 1.45. The SMILES string of the molecule is CCC1C=C(F)C=CC(COc2cccc(C(F)(F)F)c2C(=N)NC(=O)NC(C)c2ccc(C#Cc3ccccc3)cc2)=C1. The first kappa shape index (κ1) is 31.8. The molecule has 1 aliphatic rings. The summed E-state index contributed by atoms with van der Waals surface area (Å²) in [6.45, 7) is 3.43. The van der Waals surface area contributed by atoms with Crippen molar-refractivity contribution in [3.8, 4) is 17.6 Å². The predicted molar refractivity (Wildman–Crippen MR) is 163 cm³/mol. The highest BCUT2D eigenvalue weighted by atomic mass is 19.4. The molecular formula is C35H31F4N3O2. The monoisotopic (exact) mass is 601 g/mol. The Labute approximate surface area is 253 Å². The smallest absolute Gasteiger partial charge is 0.417 e. The Hall–Kier alpha value is -5.10. The number of amidine groups is 1. The Bertz CT molecular complexity index is 1650. The van der Waals surface area contributed by atoms with E-state index in [9.17, 15) is 22.4 Å². The molecule has 0 radical (unpaired) electrons. The number of alkyl halides is 3. The van der Waals surface area contributed by atoms with Crippen LogP contribution in [0.15, 0.2) is 109 Å². The highest BCUT2D eigenvalue weighted by Crippen LogP contribution is 2.36. The van der Waals surface area contributed by atoms with Gasteiger partial charge in [0.25, 0.3) is 0 Å². The number of benzene rings is 3. The summed E-state index contributed by atoms with van der Waals surface area (Å²) in [4.78, 5) is 12.8. The van der Waals surface area contributed by atoms with Crippen LogP contribution in [0.3, 0.4) is 0 Å². The summed E-state index contributed by atoms with van der Waals surface area (Å²) in [5, 5.41) is 13.3. The molecule has 2 amide bonds. The highest BCUT2D eigenvalue weighted by molar-refractivity contribution is 6.08. The molecule has 0 bridgehead atoms. The number of hydrogen-bond acceptors (Lipinski definition) is 3. The van der Waals surface area contributed by atoms with Gasteiger partial charge in [0.1, 0.15) is 24.0 Å². The maximum absolute atomic E-state index is 14.0. The molecule has 0 saturated carbocycles. The van der Waals surface area contributed by atoms with E-state index < -0.39 is 41.0 Å². The molecule has 44 heavy (non-hydrogen) atoms. The zero-order valence-corrected chi connectivity index (χ0v) is 24.1. The van der Waals surface area contributed by atoms with E-state index in [1.165, 1.54) is 30.4 Å². The Kier molecular flexibility index (Phi) is 10.4. The van der Waals surface area contributed by atoms with Gasteiger partial charge >= 0.3 is 12.2 Å². The molecule has 3 aromatic carbocycles. The van der Waals surface area contributed by atoms with Crippen LogP contribution in [0, 0.1) is 23.2 Å². The van der Waals surface area contributed by atoms with E-state index in [1.54, 1.807) is 37.3 Å². The van der Waals surface area contributed by atoms with Crippen molar-refractivity contribution in [2.24, 2.45) is 5.92 Å². The fraction of sp³-hybridized carbons (Fsp3) is 0.200. The molecule has 3 N–H and O–H groups in total. The Morgan fingerprint density at radius 3 is 2.30 bits per heavy atom. The molecule has 2 atom stereocenters. The molecule has 3 aromatic rings. The van der Waals surface area contributed by atoms with E-state index in [1.807, 2.05) is 37.3 Å². The first-order chi connectivity index (χ1) is 21.0. The minimum absolute atomic E-state index is 0.162. The van der Waals surface area contributed by atoms with E-state index in [-0.39, 0.29) is 18.3 Å². The molecule has 9 heteroatoms. The van der Waals surface area contributed by atoms with Crippen molar-refractivity contribution in [3.05, 3.63) is 136 Å². The Morgan fingerprint density at radius 2 is 1.64 bits per heavy atom. The largest absolute Gasteiger partial charge is 0.488 e.